The molecule has 0 bridgehead atoms. The average Bonchev–Trinajstić information content (AvgIpc) is 3.26. The molecule has 206 valence electrons. The van der Waals surface area contributed by atoms with Crippen LogP contribution in [0.2, 0.25) is 0 Å². The summed E-state index contributed by atoms with van der Waals surface area (Å²) >= 11 is 0. The fourth-order valence-corrected chi connectivity index (χ4v) is 4.36. The van der Waals surface area contributed by atoms with Gasteiger partial charge in [-0.15, -0.1) is 0 Å². The zero-order valence-corrected chi connectivity index (χ0v) is 23.3. The molecule has 1 aliphatic rings. The molecule has 0 spiro atoms. The van der Waals surface area contributed by atoms with Gasteiger partial charge in [0.05, 0.1) is 6.17 Å². The van der Waals surface area contributed by atoms with Gasteiger partial charge < -0.3 is 10.4 Å². The molecule has 7 heteroatoms. The van der Waals surface area contributed by atoms with Gasteiger partial charge >= 0.3 is 6.09 Å². The lowest BCUT2D eigenvalue weighted by atomic mass is 10.0. The Bertz CT molecular complexity index is 554. The lowest BCUT2D eigenvalue weighted by molar-refractivity contribution is -0.126. The molecular weight excluding hydrogens is 442 g/mol. The van der Waals surface area contributed by atoms with Gasteiger partial charge in [-0.3, -0.25) is 14.5 Å². The highest BCUT2D eigenvalue weighted by atomic mass is 16.4. The third-order valence-electron chi connectivity index (χ3n) is 6.65. The van der Waals surface area contributed by atoms with Crippen molar-refractivity contribution in [1.29, 1.82) is 0 Å². The van der Waals surface area contributed by atoms with Gasteiger partial charge in [0.2, 0.25) is 11.8 Å². The van der Waals surface area contributed by atoms with Crippen LogP contribution in [0.3, 0.4) is 0 Å². The maximum Gasteiger partial charge on any atom is 0.414 e. The molecule has 0 radical (unpaired) electrons. The number of hydrogen-bond acceptors (Lipinski definition) is 4. The zero-order chi connectivity index (χ0) is 26.3. The van der Waals surface area contributed by atoms with Gasteiger partial charge in [0.1, 0.15) is 0 Å². The Hall–Kier alpha value is -1.63. The minimum atomic E-state index is -1.13. The number of carboxylic acid groups (broad SMARTS) is 1. The van der Waals surface area contributed by atoms with E-state index in [1.807, 2.05) is 14.1 Å². The smallest absolute Gasteiger partial charge is 0.414 e. The standard InChI is InChI=1S/C23H48N2O.C5H7NO3/c1-5-7-8-9-10-11-12-13-14-15-16-17-18-19-20-21-23(26)24-22(6-2)25(3)4;7-4-2-1-3-6(4)5(8)9/h22H,5-21H2,1-4H3,(H,24,26);1-3H2,(H,8,9). The van der Waals surface area contributed by atoms with Crippen molar-refractivity contribution in [2.45, 2.75) is 142 Å². The molecule has 35 heavy (non-hydrogen) atoms. The molecule has 1 rings (SSSR count). The summed E-state index contributed by atoms with van der Waals surface area (Å²) in [5.74, 6) is -0.0669. The van der Waals surface area contributed by atoms with E-state index < -0.39 is 6.09 Å². The first-order chi connectivity index (χ1) is 16.8. The highest BCUT2D eigenvalue weighted by molar-refractivity contribution is 5.92. The van der Waals surface area contributed by atoms with E-state index in [0.717, 1.165) is 17.7 Å². The average molecular weight is 498 g/mol. The molecule has 1 unspecified atom stereocenters. The molecule has 2 N–H and O–H groups in total. The fourth-order valence-electron chi connectivity index (χ4n) is 4.36. The number of likely N-dealkylation sites (tertiary alicyclic amines) is 1. The van der Waals surface area contributed by atoms with Crippen molar-refractivity contribution in [2.75, 3.05) is 20.6 Å². The van der Waals surface area contributed by atoms with Crippen molar-refractivity contribution in [3.05, 3.63) is 0 Å². The second kappa shape index (κ2) is 22.8. The molecule has 0 aromatic carbocycles. The molecule has 1 aliphatic heterocycles. The van der Waals surface area contributed by atoms with Gasteiger partial charge in [0.25, 0.3) is 0 Å². The predicted molar refractivity (Wildman–Crippen MR) is 144 cm³/mol. The highest BCUT2D eigenvalue weighted by Crippen LogP contribution is 2.14. The summed E-state index contributed by atoms with van der Waals surface area (Å²) in [6.07, 6.45) is 22.2. The van der Waals surface area contributed by atoms with E-state index in [0.29, 0.717) is 25.8 Å². The molecule has 0 aromatic heterocycles. The van der Waals surface area contributed by atoms with Crippen LogP contribution in [0.4, 0.5) is 4.79 Å². The van der Waals surface area contributed by atoms with Crippen LogP contribution >= 0.6 is 0 Å². The summed E-state index contributed by atoms with van der Waals surface area (Å²) in [4.78, 5) is 35.5. The van der Waals surface area contributed by atoms with Gasteiger partial charge in [-0.25, -0.2) is 9.69 Å². The third-order valence-corrected chi connectivity index (χ3v) is 6.65. The molecule has 0 saturated carbocycles. The summed E-state index contributed by atoms with van der Waals surface area (Å²) in [5.41, 5.74) is 0. The monoisotopic (exact) mass is 497 g/mol. The molecule has 1 saturated heterocycles. The normalized spacial score (nSPS) is 14.1. The van der Waals surface area contributed by atoms with Crippen molar-refractivity contribution in [3.8, 4) is 0 Å². The SMILES string of the molecule is CCCCCCCCCCCCCCCCCC(=O)NC(CC)N(C)C.O=C(O)N1CCCC1=O. The molecular formula is C28H55N3O4. The van der Waals surface area contributed by atoms with E-state index >= 15 is 0 Å². The minimum absolute atomic E-state index is 0.179. The maximum atomic E-state index is 11.9. The van der Waals surface area contributed by atoms with Crippen LogP contribution in [-0.2, 0) is 9.59 Å². The van der Waals surface area contributed by atoms with Crippen LogP contribution < -0.4 is 5.32 Å². The molecule has 3 amide bonds. The van der Waals surface area contributed by atoms with Crippen LogP contribution in [0.5, 0.6) is 0 Å². The maximum absolute atomic E-state index is 11.9. The first-order valence-corrected chi connectivity index (χ1v) is 14.3. The Kier molecular flexibility index (Phi) is 21.7. The number of unbranched alkanes of at least 4 members (excludes halogenated alkanes) is 14. The Morgan fingerprint density at radius 2 is 1.31 bits per heavy atom. The van der Waals surface area contributed by atoms with E-state index in [9.17, 15) is 14.4 Å². The fraction of sp³-hybridized carbons (Fsp3) is 0.893. The number of nitrogens with zero attached hydrogens (tertiary/aromatic N) is 2. The topological polar surface area (TPSA) is 89.9 Å². The van der Waals surface area contributed by atoms with Gasteiger partial charge in [0, 0.05) is 19.4 Å². The lowest BCUT2D eigenvalue weighted by Crippen LogP contribution is -2.44. The van der Waals surface area contributed by atoms with Crippen LogP contribution in [0.1, 0.15) is 136 Å². The zero-order valence-electron chi connectivity index (χ0n) is 23.3. The molecule has 1 heterocycles. The number of carbonyl (C=O) groups is 3. The first-order valence-electron chi connectivity index (χ1n) is 14.3. The summed E-state index contributed by atoms with van der Waals surface area (Å²) in [7, 11) is 4.03. The van der Waals surface area contributed by atoms with Gasteiger partial charge in [-0.2, -0.15) is 0 Å². The number of rotatable bonds is 19. The number of hydrogen-bond donors (Lipinski definition) is 2. The Morgan fingerprint density at radius 1 is 0.857 bits per heavy atom. The number of imide groups is 1. The summed E-state index contributed by atoms with van der Waals surface area (Å²) < 4.78 is 0. The van der Waals surface area contributed by atoms with E-state index in [4.69, 9.17) is 5.11 Å². The minimum Gasteiger partial charge on any atom is -0.465 e. The van der Waals surface area contributed by atoms with Crippen molar-refractivity contribution in [1.82, 2.24) is 15.1 Å². The number of carbonyl (C=O) groups excluding carboxylic acids is 2. The highest BCUT2D eigenvalue weighted by Gasteiger charge is 2.25. The first kappa shape index (κ1) is 33.4. The van der Waals surface area contributed by atoms with Crippen LogP contribution in [0.25, 0.3) is 0 Å². The molecule has 1 fully saturated rings. The van der Waals surface area contributed by atoms with Gasteiger partial charge in [0.15, 0.2) is 0 Å². The van der Waals surface area contributed by atoms with Crippen LogP contribution in [0, 0.1) is 0 Å². The molecule has 0 aromatic rings. The van der Waals surface area contributed by atoms with Crippen LogP contribution in [0.15, 0.2) is 0 Å². The molecule has 7 nitrogen and oxygen atoms in total. The van der Waals surface area contributed by atoms with Crippen molar-refractivity contribution in [3.63, 3.8) is 0 Å². The third kappa shape index (κ3) is 19.3. The molecule has 0 aliphatic carbocycles. The summed E-state index contributed by atoms with van der Waals surface area (Å²) in [6.45, 7) is 4.76. The van der Waals surface area contributed by atoms with Crippen LogP contribution in [-0.4, -0.2) is 59.6 Å². The van der Waals surface area contributed by atoms with Crippen molar-refractivity contribution < 1.29 is 19.5 Å². The summed E-state index contributed by atoms with van der Waals surface area (Å²) in [6, 6.07) is 0. The Labute approximate surface area is 215 Å². The van der Waals surface area contributed by atoms with E-state index in [1.165, 1.54) is 89.9 Å². The predicted octanol–water partition coefficient (Wildman–Crippen LogP) is 6.95. The van der Waals surface area contributed by atoms with Crippen molar-refractivity contribution >= 4 is 17.9 Å². The summed E-state index contributed by atoms with van der Waals surface area (Å²) in [5, 5.41) is 11.4. The second-order valence-corrected chi connectivity index (χ2v) is 10.1. The van der Waals surface area contributed by atoms with Gasteiger partial charge in [-0.1, -0.05) is 104 Å². The van der Waals surface area contributed by atoms with E-state index in [1.54, 1.807) is 0 Å². The van der Waals surface area contributed by atoms with E-state index in [2.05, 4.69) is 24.1 Å². The largest absolute Gasteiger partial charge is 0.465 e. The Balaban J connectivity index is 0.00000106. The quantitative estimate of drug-likeness (QED) is 0.149. The molecule has 1 atom stereocenters. The Morgan fingerprint density at radius 3 is 1.63 bits per heavy atom. The van der Waals surface area contributed by atoms with Gasteiger partial charge in [-0.05, 0) is 33.4 Å². The second-order valence-electron chi connectivity index (χ2n) is 10.1. The number of nitrogens with one attached hydrogen (secondary N) is 1. The number of amides is 3. The van der Waals surface area contributed by atoms with Crippen molar-refractivity contribution in [2.24, 2.45) is 0 Å². The van der Waals surface area contributed by atoms with E-state index in [-0.39, 0.29) is 18.0 Å². The lowest BCUT2D eigenvalue weighted by Gasteiger charge is -2.23.